The van der Waals surface area contributed by atoms with Crippen molar-refractivity contribution in [2.75, 3.05) is 20.1 Å². The van der Waals surface area contributed by atoms with Gasteiger partial charge in [-0.2, -0.15) is 0 Å². The summed E-state index contributed by atoms with van der Waals surface area (Å²) in [6.45, 7) is 4.61. The van der Waals surface area contributed by atoms with Gasteiger partial charge in [0.05, 0.1) is 0 Å². The monoisotopic (exact) mass is 156 g/mol. The quantitative estimate of drug-likeness (QED) is 0.599. The summed E-state index contributed by atoms with van der Waals surface area (Å²) in [6, 6.07) is 0.862. The van der Waals surface area contributed by atoms with E-state index in [4.69, 9.17) is 0 Å². The van der Waals surface area contributed by atoms with Crippen LogP contribution in [-0.2, 0) is 0 Å². The maximum absolute atomic E-state index is 3.55. The van der Waals surface area contributed by atoms with Crippen LogP contribution in [0.15, 0.2) is 0 Å². The third-order valence-electron chi connectivity index (χ3n) is 2.34. The van der Waals surface area contributed by atoms with Gasteiger partial charge in [-0.15, -0.1) is 0 Å². The second-order valence-corrected chi connectivity index (χ2v) is 3.51. The summed E-state index contributed by atoms with van der Waals surface area (Å²) in [5.74, 6) is 0.820. The molecule has 0 aromatic carbocycles. The van der Waals surface area contributed by atoms with Crippen LogP contribution in [0.5, 0.6) is 0 Å². The van der Waals surface area contributed by atoms with E-state index in [9.17, 15) is 0 Å². The van der Waals surface area contributed by atoms with Gasteiger partial charge in [0, 0.05) is 6.04 Å². The van der Waals surface area contributed by atoms with Crippen molar-refractivity contribution in [2.45, 2.75) is 32.2 Å². The predicted octanol–water partition coefficient (Wildman–Crippen LogP) is 0.984. The van der Waals surface area contributed by atoms with Crippen molar-refractivity contribution in [3.05, 3.63) is 0 Å². The van der Waals surface area contributed by atoms with Crippen molar-refractivity contribution in [3.63, 3.8) is 0 Å². The third-order valence-corrected chi connectivity index (χ3v) is 2.34. The summed E-state index contributed by atoms with van der Waals surface area (Å²) in [7, 11) is 2.03. The summed E-state index contributed by atoms with van der Waals surface area (Å²) < 4.78 is 0. The van der Waals surface area contributed by atoms with Crippen LogP contribution in [0.1, 0.15) is 26.2 Å². The maximum atomic E-state index is 3.55. The third kappa shape index (κ3) is 3.73. The Balaban J connectivity index is 1.98. The molecule has 0 aromatic rings. The zero-order chi connectivity index (χ0) is 8.10. The molecule has 1 aliphatic rings. The minimum atomic E-state index is 0.820. The van der Waals surface area contributed by atoms with Crippen LogP contribution in [-0.4, -0.2) is 26.2 Å². The standard InChI is InChI=1S/C9H20N2/c1-3-8(6-10-2)7-11-9-4-5-9/h8-11H,3-7H2,1-2H3. The molecule has 2 nitrogen and oxygen atoms in total. The number of nitrogens with one attached hydrogen (secondary N) is 2. The smallest absolute Gasteiger partial charge is 0.00683 e. The lowest BCUT2D eigenvalue weighted by molar-refractivity contribution is 0.444. The summed E-state index contributed by atoms with van der Waals surface area (Å²) in [4.78, 5) is 0. The van der Waals surface area contributed by atoms with E-state index in [1.165, 1.54) is 25.8 Å². The van der Waals surface area contributed by atoms with Crippen LogP contribution in [0.2, 0.25) is 0 Å². The first-order valence-corrected chi connectivity index (χ1v) is 4.74. The molecular formula is C9H20N2. The van der Waals surface area contributed by atoms with E-state index >= 15 is 0 Å². The van der Waals surface area contributed by atoms with Crippen LogP contribution in [0, 0.1) is 5.92 Å². The second kappa shape index (κ2) is 4.73. The molecule has 0 amide bonds. The minimum absolute atomic E-state index is 0.820. The van der Waals surface area contributed by atoms with E-state index in [1.54, 1.807) is 0 Å². The molecule has 0 radical (unpaired) electrons. The van der Waals surface area contributed by atoms with Gasteiger partial charge in [0.15, 0.2) is 0 Å². The molecule has 2 N–H and O–H groups in total. The highest BCUT2D eigenvalue weighted by Crippen LogP contribution is 2.18. The summed E-state index contributed by atoms with van der Waals surface area (Å²) in [5, 5.41) is 6.78. The molecule has 0 saturated heterocycles. The molecule has 1 unspecified atom stereocenters. The molecule has 0 bridgehead atoms. The van der Waals surface area contributed by atoms with Gasteiger partial charge in [-0.3, -0.25) is 0 Å². The van der Waals surface area contributed by atoms with Gasteiger partial charge in [-0.25, -0.2) is 0 Å². The molecular weight excluding hydrogens is 136 g/mol. The molecule has 11 heavy (non-hydrogen) atoms. The Kier molecular flexibility index (Phi) is 3.87. The van der Waals surface area contributed by atoms with Gasteiger partial charge in [0.25, 0.3) is 0 Å². The van der Waals surface area contributed by atoms with Crippen molar-refractivity contribution >= 4 is 0 Å². The van der Waals surface area contributed by atoms with E-state index in [2.05, 4.69) is 17.6 Å². The molecule has 0 aromatic heterocycles. The van der Waals surface area contributed by atoms with Crippen molar-refractivity contribution in [3.8, 4) is 0 Å². The molecule has 1 fully saturated rings. The van der Waals surface area contributed by atoms with Gasteiger partial charge in [-0.1, -0.05) is 13.3 Å². The Labute approximate surface area is 69.8 Å². The average molecular weight is 156 g/mol. The molecule has 66 valence electrons. The van der Waals surface area contributed by atoms with Crippen LogP contribution in [0.4, 0.5) is 0 Å². The van der Waals surface area contributed by atoms with Crippen LogP contribution in [0.25, 0.3) is 0 Å². The van der Waals surface area contributed by atoms with E-state index in [0.29, 0.717) is 0 Å². The van der Waals surface area contributed by atoms with Crippen LogP contribution < -0.4 is 10.6 Å². The maximum Gasteiger partial charge on any atom is 0.00683 e. The second-order valence-electron chi connectivity index (χ2n) is 3.51. The van der Waals surface area contributed by atoms with Gasteiger partial charge in [0.1, 0.15) is 0 Å². The van der Waals surface area contributed by atoms with E-state index in [-0.39, 0.29) is 0 Å². The summed E-state index contributed by atoms with van der Waals surface area (Å²) in [5.41, 5.74) is 0. The number of hydrogen-bond acceptors (Lipinski definition) is 2. The Morgan fingerprint density at radius 3 is 2.55 bits per heavy atom. The fourth-order valence-corrected chi connectivity index (χ4v) is 1.27. The Bertz CT molecular complexity index is 99.7. The average Bonchev–Trinajstić information content (AvgIpc) is 2.81. The van der Waals surface area contributed by atoms with Crippen molar-refractivity contribution in [1.82, 2.24) is 10.6 Å². The molecule has 2 heteroatoms. The van der Waals surface area contributed by atoms with Crippen molar-refractivity contribution < 1.29 is 0 Å². The van der Waals surface area contributed by atoms with Gasteiger partial charge in [-0.05, 0) is 38.9 Å². The Morgan fingerprint density at radius 1 is 1.36 bits per heavy atom. The largest absolute Gasteiger partial charge is 0.319 e. The van der Waals surface area contributed by atoms with E-state index in [0.717, 1.165) is 18.5 Å². The lowest BCUT2D eigenvalue weighted by Crippen LogP contribution is -2.30. The SMILES string of the molecule is CCC(CNC)CNC1CC1. The fourth-order valence-electron chi connectivity index (χ4n) is 1.27. The predicted molar refractivity (Wildman–Crippen MR) is 48.7 cm³/mol. The topological polar surface area (TPSA) is 24.1 Å². The molecule has 0 aliphatic heterocycles. The molecule has 1 rings (SSSR count). The Hall–Kier alpha value is -0.0800. The molecule has 0 heterocycles. The Morgan fingerprint density at radius 2 is 2.09 bits per heavy atom. The highest BCUT2D eigenvalue weighted by molar-refractivity contribution is 4.81. The first kappa shape index (κ1) is 9.01. The highest BCUT2D eigenvalue weighted by Gasteiger charge is 2.20. The zero-order valence-electron chi connectivity index (χ0n) is 7.69. The van der Waals surface area contributed by atoms with Crippen molar-refractivity contribution in [2.24, 2.45) is 5.92 Å². The van der Waals surface area contributed by atoms with Gasteiger partial charge < -0.3 is 10.6 Å². The lowest BCUT2D eigenvalue weighted by atomic mass is 10.1. The van der Waals surface area contributed by atoms with E-state index in [1.807, 2.05) is 7.05 Å². The summed E-state index contributed by atoms with van der Waals surface area (Å²) in [6.07, 6.45) is 4.08. The zero-order valence-corrected chi connectivity index (χ0v) is 7.69. The molecule has 1 saturated carbocycles. The first-order chi connectivity index (χ1) is 5.36. The van der Waals surface area contributed by atoms with E-state index < -0.39 is 0 Å². The first-order valence-electron chi connectivity index (χ1n) is 4.74. The van der Waals surface area contributed by atoms with Crippen molar-refractivity contribution in [1.29, 1.82) is 0 Å². The fraction of sp³-hybridized carbons (Fsp3) is 1.00. The minimum Gasteiger partial charge on any atom is -0.319 e. The molecule has 1 aliphatic carbocycles. The lowest BCUT2D eigenvalue weighted by Gasteiger charge is -2.14. The van der Waals surface area contributed by atoms with Crippen LogP contribution >= 0.6 is 0 Å². The van der Waals surface area contributed by atoms with Crippen LogP contribution in [0.3, 0.4) is 0 Å². The van der Waals surface area contributed by atoms with Gasteiger partial charge in [0.2, 0.25) is 0 Å². The normalized spacial score (nSPS) is 20.2. The highest BCUT2D eigenvalue weighted by atomic mass is 15.0. The number of hydrogen-bond donors (Lipinski definition) is 2. The van der Waals surface area contributed by atoms with Gasteiger partial charge >= 0.3 is 0 Å². The summed E-state index contributed by atoms with van der Waals surface area (Å²) >= 11 is 0. The molecule has 1 atom stereocenters. The number of rotatable bonds is 6. The molecule has 0 spiro atoms.